The molecule has 0 aliphatic rings. The van der Waals surface area contributed by atoms with Gasteiger partial charge >= 0.3 is 0 Å². The number of benzene rings is 2. The van der Waals surface area contributed by atoms with Gasteiger partial charge in [-0.3, -0.25) is 14.9 Å². The van der Waals surface area contributed by atoms with Crippen molar-refractivity contribution in [3.63, 3.8) is 0 Å². The van der Waals surface area contributed by atoms with Crippen LogP contribution in [0, 0.1) is 10.1 Å². The van der Waals surface area contributed by atoms with Gasteiger partial charge in [-0.2, -0.15) is 0 Å². The van der Waals surface area contributed by atoms with Crippen LogP contribution in [0.3, 0.4) is 0 Å². The molecule has 2 rings (SSSR count). The fourth-order valence-corrected chi connectivity index (χ4v) is 3.30. The van der Waals surface area contributed by atoms with E-state index in [0.29, 0.717) is 16.7 Å². The number of anilines is 1. The lowest BCUT2D eigenvalue weighted by Gasteiger charge is -2.22. The summed E-state index contributed by atoms with van der Waals surface area (Å²) in [7, 11) is 0. The number of amides is 1. The van der Waals surface area contributed by atoms with Gasteiger partial charge in [0, 0.05) is 29.7 Å². The van der Waals surface area contributed by atoms with Crippen molar-refractivity contribution in [1.29, 1.82) is 0 Å². The topological polar surface area (TPSA) is 87.5 Å². The Morgan fingerprint density at radius 3 is 2.43 bits per heavy atom. The van der Waals surface area contributed by atoms with E-state index in [9.17, 15) is 14.9 Å². The first kappa shape index (κ1) is 22.0. The summed E-state index contributed by atoms with van der Waals surface area (Å²) in [6.07, 6.45) is 0. The molecule has 0 saturated heterocycles. The van der Waals surface area contributed by atoms with E-state index in [-0.39, 0.29) is 11.6 Å². The van der Waals surface area contributed by atoms with E-state index in [1.54, 1.807) is 0 Å². The molecule has 0 spiro atoms. The smallest absolute Gasteiger partial charge is 0.270 e. The molecule has 0 aliphatic heterocycles. The number of carbonyl (C=O) groups is 1. The van der Waals surface area contributed by atoms with Gasteiger partial charge in [0.05, 0.1) is 10.6 Å². The molecule has 2 aromatic carbocycles. The van der Waals surface area contributed by atoms with Gasteiger partial charge in [-0.05, 0) is 40.6 Å². The minimum absolute atomic E-state index is 0.0400. The highest BCUT2D eigenvalue weighted by Gasteiger charge is 2.21. The highest BCUT2D eigenvalue weighted by molar-refractivity contribution is 9.10. The molecule has 8 heteroatoms. The van der Waals surface area contributed by atoms with Crippen molar-refractivity contribution in [2.45, 2.75) is 19.9 Å². The maximum atomic E-state index is 13.0. The average molecular weight is 449 g/mol. The number of hydrogen-bond donors (Lipinski definition) is 2. The molecule has 0 aliphatic carbocycles. The number of hydrogen-bond acceptors (Lipinski definition) is 5. The number of nitrogens with zero attached hydrogens (tertiary/aromatic N) is 2. The maximum Gasteiger partial charge on any atom is 0.270 e. The van der Waals surface area contributed by atoms with Crippen LogP contribution in [0.4, 0.5) is 11.4 Å². The Balaban J connectivity index is 2.14. The van der Waals surface area contributed by atoms with Crippen LogP contribution >= 0.6 is 15.9 Å². The standard InChI is InChI=1S/C20H25BrN4O3/c1-3-24(4-2)13-12-22-19(15-8-6-5-7-9-15)20(26)23-18-11-10-16(25(27)28)14-17(18)21/h5-11,14,19,22H,3-4,12-13H2,1-2H3,(H,23,26)/t19-/m1/s1. The Bertz CT molecular complexity index is 797. The minimum atomic E-state index is -0.529. The molecule has 2 N–H and O–H groups in total. The van der Waals surface area contributed by atoms with Crippen LogP contribution in [-0.2, 0) is 4.79 Å². The van der Waals surface area contributed by atoms with Crippen molar-refractivity contribution < 1.29 is 9.72 Å². The molecule has 0 radical (unpaired) electrons. The third-order valence-corrected chi connectivity index (χ3v) is 5.14. The number of rotatable bonds is 10. The molecule has 2 aromatic rings. The lowest BCUT2D eigenvalue weighted by molar-refractivity contribution is -0.384. The SMILES string of the molecule is CCN(CC)CCN[C@@H](C(=O)Nc1ccc([N+](=O)[O-])cc1Br)c1ccccc1. The van der Waals surface area contributed by atoms with Gasteiger partial charge in [0.1, 0.15) is 6.04 Å². The number of halogens is 1. The minimum Gasteiger partial charge on any atom is -0.323 e. The first-order valence-corrected chi connectivity index (χ1v) is 10.0. The Kier molecular flexibility index (Phi) is 8.56. The monoisotopic (exact) mass is 448 g/mol. The van der Waals surface area contributed by atoms with Crippen LogP contribution < -0.4 is 10.6 Å². The van der Waals surface area contributed by atoms with Gasteiger partial charge in [-0.1, -0.05) is 44.2 Å². The summed E-state index contributed by atoms with van der Waals surface area (Å²) < 4.78 is 0.463. The van der Waals surface area contributed by atoms with Crippen LogP contribution in [0.1, 0.15) is 25.5 Å². The molecule has 1 atom stereocenters. The van der Waals surface area contributed by atoms with Crippen molar-refractivity contribution in [2.24, 2.45) is 0 Å². The van der Waals surface area contributed by atoms with Crippen LogP contribution in [0.2, 0.25) is 0 Å². The highest BCUT2D eigenvalue weighted by Crippen LogP contribution is 2.28. The fourth-order valence-electron chi connectivity index (χ4n) is 2.84. The number of likely N-dealkylation sites (N-methyl/N-ethyl adjacent to an activating group) is 1. The van der Waals surface area contributed by atoms with Gasteiger partial charge in [-0.15, -0.1) is 0 Å². The predicted octanol–water partition coefficient (Wildman–Crippen LogP) is 3.97. The number of nitro benzene ring substituents is 1. The first-order valence-electron chi connectivity index (χ1n) is 9.21. The second-order valence-electron chi connectivity index (χ2n) is 6.24. The molecule has 1 amide bonds. The van der Waals surface area contributed by atoms with Crippen molar-refractivity contribution in [2.75, 3.05) is 31.5 Å². The van der Waals surface area contributed by atoms with Crippen molar-refractivity contribution in [1.82, 2.24) is 10.2 Å². The van der Waals surface area contributed by atoms with Crippen LogP contribution in [0.15, 0.2) is 53.0 Å². The van der Waals surface area contributed by atoms with Gasteiger partial charge in [0.25, 0.3) is 5.69 Å². The Morgan fingerprint density at radius 1 is 1.18 bits per heavy atom. The largest absolute Gasteiger partial charge is 0.323 e. The Labute approximate surface area is 173 Å². The predicted molar refractivity (Wildman–Crippen MR) is 114 cm³/mol. The lowest BCUT2D eigenvalue weighted by Crippen LogP contribution is -2.38. The summed E-state index contributed by atoms with van der Waals surface area (Å²) >= 11 is 3.29. The second kappa shape index (κ2) is 10.9. The fraction of sp³-hybridized carbons (Fsp3) is 0.350. The third kappa shape index (κ3) is 6.12. The van der Waals surface area contributed by atoms with E-state index < -0.39 is 11.0 Å². The molecule has 0 unspecified atom stereocenters. The van der Waals surface area contributed by atoms with Crippen LogP contribution in [0.25, 0.3) is 0 Å². The van der Waals surface area contributed by atoms with Gasteiger partial charge < -0.3 is 15.5 Å². The summed E-state index contributed by atoms with van der Waals surface area (Å²) in [4.78, 5) is 25.6. The number of nitrogens with one attached hydrogen (secondary N) is 2. The number of carbonyl (C=O) groups excluding carboxylic acids is 1. The molecular weight excluding hydrogens is 424 g/mol. The van der Waals surface area contributed by atoms with Crippen molar-refractivity contribution in [3.8, 4) is 0 Å². The highest BCUT2D eigenvalue weighted by atomic mass is 79.9. The molecule has 0 fully saturated rings. The zero-order chi connectivity index (χ0) is 20.5. The molecule has 28 heavy (non-hydrogen) atoms. The third-order valence-electron chi connectivity index (χ3n) is 4.49. The van der Waals surface area contributed by atoms with E-state index in [0.717, 1.165) is 25.2 Å². The van der Waals surface area contributed by atoms with E-state index in [4.69, 9.17) is 0 Å². The Hall–Kier alpha value is -2.29. The average Bonchev–Trinajstić information content (AvgIpc) is 2.70. The van der Waals surface area contributed by atoms with Gasteiger partial charge in [-0.25, -0.2) is 0 Å². The van der Waals surface area contributed by atoms with Crippen LogP contribution in [-0.4, -0.2) is 41.9 Å². The van der Waals surface area contributed by atoms with E-state index in [1.165, 1.54) is 18.2 Å². The molecule has 0 heterocycles. The molecule has 150 valence electrons. The summed E-state index contributed by atoms with van der Waals surface area (Å²) in [5.41, 5.74) is 1.31. The van der Waals surface area contributed by atoms with E-state index in [2.05, 4.69) is 45.3 Å². The number of non-ortho nitro benzene ring substituents is 1. The molecule has 0 aromatic heterocycles. The van der Waals surface area contributed by atoms with Crippen molar-refractivity contribution >= 4 is 33.2 Å². The van der Waals surface area contributed by atoms with E-state index in [1.807, 2.05) is 30.3 Å². The lowest BCUT2D eigenvalue weighted by atomic mass is 10.1. The summed E-state index contributed by atoms with van der Waals surface area (Å²) in [6, 6.07) is 13.2. The first-order chi connectivity index (χ1) is 13.5. The van der Waals surface area contributed by atoms with Crippen molar-refractivity contribution in [3.05, 3.63) is 68.7 Å². The number of nitro groups is 1. The molecule has 0 bridgehead atoms. The van der Waals surface area contributed by atoms with Gasteiger partial charge in [0.2, 0.25) is 5.91 Å². The molecular formula is C20H25BrN4O3. The quantitative estimate of drug-likeness (QED) is 0.424. The second-order valence-corrected chi connectivity index (χ2v) is 7.09. The summed E-state index contributed by atoms with van der Waals surface area (Å²) in [5.74, 6) is -0.222. The summed E-state index contributed by atoms with van der Waals surface area (Å²) in [5, 5.41) is 17.1. The maximum absolute atomic E-state index is 13.0. The normalized spacial score (nSPS) is 12.0. The zero-order valence-electron chi connectivity index (χ0n) is 16.0. The molecule has 0 saturated carbocycles. The Morgan fingerprint density at radius 2 is 1.86 bits per heavy atom. The summed E-state index contributed by atoms with van der Waals surface area (Å²) in [6.45, 7) is 7.63. The zero-order valence-corrected chi connectivity index (χ0v) is 17.6. The molecule has 7 nitrogen and oxygen atoms in total. The van der Waals surface area contributed by atoms with Gasteiger partial charge in [0.15, 0.2) is 0 Å². The van der Waals surface area contributed by atoms with E-state index >= 15 is 0 Å². The van der Waals surface area contributed by atoms with Crippen LogP contribution in [0.5, 0.6) is 0 Å².